The summed E-state index contributed by atoms with van der Waals surface area (Å²) in [6, 6.07) is 16.0. The normalized spacial score (nSPS) is 10.5. The number of nitrogens with zero attached hydrogens (tertiary/aromatic N) is 2. The van der Waals surface area contributed by atoms with Gasteiger partial charge < -0.3 is 5.32 Å². The van der Waals surface area contributed by atoms with Crippen LogP contribution < -0.4 is 5.32 Å². The van der Waals surface area contributed by atoms with Gasteiger partial charge in [0.1, 0.15) is 4.88 Å². The molecule has 0 bridgehead atoms. The van der Waals surface area contributed by atoms with Crippen molar-refractivity contribution in [2.24, 2.45) is 0 Å². The van der Waals surface area contributed by atoms with Crippen LogP contribution in [0.1, 0.15) is 31.6 Å². The predicted octanol–water partition coefficient (Wildman–Crippen LogP) is 3.41. The number of hydrogen-bond donors (Lipinski definition) is 1. The van der Waals surface area contributed by atoms with Crippen LogP contribution in [0.5, 0.6) is 0 Å². The molecule has 0 fully saturated rings. The van der Waals surface area contributed by atoms with Gasteiger partial charge in [0.25, 0.3) is 5.91 Å². The molecule has 122 valence electrons. The minimum atomic E-state index is -0.0553. The van der Waals surface area contributed by atoms with Gasteiger partial charge in [-0.15, -0.1) is 11.3 Å². The smallest absolute Gasteiger partial charge is 0.263 e. The number of nitrogens with one attached hydrogen (secondary N) is 1. The van der Waals surface area contributed by atoms with Crippen molar-refractivity contribution in [1.82, 2.24) is 15.3 Å². The Labute approximate surface area is 145 Å². The molecule has 2 heterocycles. The summed E-state index contributed by atoms with van der Waals surface area (Å²) < 4.78 is 0. The lowest BCUT2D eigenvalue weighted by atomic mass is 10.2. The first-order valence-electron chi connectivity index (χ1n) is 7.90. The Morgan fingerprint density at radius 3 is 2.67 bits per heavy atom. The lowest BCUT2D eigenvalue weighted by molar-refractivity contribution is 0.0957. The molecule has 0 aliphatic heterocycles. The van der Waals surface area contributed by atoms with E-state index in [4.69, 9.17) is 0 Å². The van der Waals surface area contributed by atoms with Gasteiger partial charge in [-0.1, -0.05) is 36.4 Å². The third kappa shape index (κ3) is 4.26. The maximum atomic E-state index is 12.4. The summed E-state index contributed by atoms with van der Waals surface area (Å²) in [4.78, 5) is 21.9. The highest BCUT2D eigenvalue weighted by atomic mass is 32.1. The first kappa shape index (κ1) is 16.3. The Morgan fingerprint density at radius 2 is 1.92 bits per heavy atom. The fourth-order valence-electron chi connectivity index (χ4n) is 2.44. The van der Waals surface area contributed by atoms with Crippen molar-refractivity contribution in [3.05, 3.63) is 81.6 Å². The largest absolute Gasteiger partial charge is 0.351 e. The second kappa shape index (κ2) is 7.84. The van der Waals surface area contributed by atoms with Crippen molar-refractivity contribution < 1.29 is 4.79 Å². The molecule has 0 saturated carbocycles. The molecule has 0 spiro atoms. The van der Waals surface area contributed by atoms with Crippen molar-refractivity contribution in [2.75, 3.05) is 6.54 Å². The first-order valence-corrected chi connectivity index (χ1v) is 8.72. The fourth-order valence-corrected chi connectivity index (χ4v) is 3.45. The van der Waals surface area contributed by atoms with Crippen LogP contribution >= 0.6 is 11.3 Å². The van der Waals surface area contributed by atoms with E-state index in [0.29, 0.717) is 11.4 Å². The van der Waals surface area contributed by atoms with Gasteiger partial charge >= 0.3 is 0 Å². The number of pyridine rings is 1. The maximum absolute atomic E-state index is 12.4. The van der Waals surface area contributed by atoms with E-state index in [9.17, 15) is 4.79 Å². The number of amides is 1. The summed E-state index contributed by atoms with van der Waals surface area (Å²) >= 11 is 1.47. The number of aryl methyl sites for hydroxylation is 1. The van der Waals surface area contributed by atoms with Crippen molar-refractivity contribution in [3.8, 4) is 0 Å². The Morgan fingerprint density at radius 1 is 1.12 bits per heavy atom. The topological polar surface area (TPSA) is 54.9 Å². The van der Waals surface area contributed by atoms with Crippen LogP contribution in [-0.2, 0) is 12.8 Å². The molecule has 1 aromatic carbocycles. The highest BCUT2D eigenvalue weighted by Crippen LogP contribution is 2.20. The summed E-state index contributed by atoms with van der Waals surface area (Å²) in [5.74, 6) is -0.0553. The molecule has 0 atom stereocenters. The van der Waals surface area contributed by atoms with Gasteiger partial charge in [0.05, 0.1) is 10.7 Å². The molecule has 0 aliphatic rings. The fraction of sp³-hybridized carbons (Fsp3) is 0.211. The number of hydrogen-bond acceptors (Lipinski definition) is 4. The lowest BCUT2D eigenvalue weighted by Crippen LogP contribution is -2.25. The van der Waals surface area contributed by atoms with Crippen LogP contribution in [0.25, 0.3) is 0 Å². The summed E-state index contributed by atoms with van der Waals surface area (Å²) in [6.45, 7) is 2.46. The zero-order chi connectivity index (χ0) is 16.8. The molecule has 1 N–H and O–H groups in total. The van der Waals surface area contributed by atoms with Crippen LogP contribution in [0, 0.1) is 6.92 Å². The van der Waals surface area contributed by atoms with Gasteiger partial charge in [0.15, 0.2) is 0 Å². The minimum Gasteiger partial charge on any atom is -0.351 e. The summed E-state index contributed by atoms with van der Waals surface area (Å²) in [5, 5.41) is 3.92. The van der Waals surface area contributed by atoms with Crippen LogP contribution in [0.2, 0.25) is 0 Å². The summed E-state index contributed by atoms with van der Waals surface area (Å²) in [5.41, 5.74) is 2.97. The van der Waals surface area contributed by atoms with Gasteiger partial charge in [0, 0.05) is 31.3 Å². The highest BCUT2D eigenvalue weighted by Gasteiger charge is 2.15. The number of benzene rings is 1. The molecule has 1 amide bonds. The molecule has 0 radical (unpaired) electrons. The Kier molecular flexibility index (Phi) is 5.33. The Balaban J connectivity index is 1.59. The third-order valence-corrected chi connectivity index (χ3v) is 4.79. The molecule has 3 rings (SSSR count). The first-order chi connectivity index (χ1) is 11.7. The van der Waals surface area contributed by atoms with Crippen molar-refractivity contribution >= 4 is 17.2 Å². The predicted molar refractivity (Wildman–Crippen MR) is 96.4 cm³/mol. The Bertz CT molecular complexity index is 800. The van der Waals surface area contributed by atoms with Crippen molar-refractivity contribution in [1.29, 1.82) is 0 Å². The third-order valence-electron chi connectivity index (χ3n) is 3.64. The van der Waals surface area contributed by atoms with Gasteiger partial charge in [0.2, 0.25) is 0 Å². The molecule has 5 heteroatoms. The second-order valence-corrected chi connectivity index (χ2v) is 6.60. The molecule has 0 saturated heterocycles. The summed E-state index contributed by atoms with van der Waals surface area (Å²) in [6.07, 6.45) is 3.25. The molecule has 0 unspecified atom stereocenters. The second-order valence-electron chi connectivity index (χ2n) is 5.51. The van der Waals surface area contributed by atoms with Crippen LogP contribution in [0.15, 0.2) is 54.7 Å². The average molecular weight is 337 g/mol. The molecule has 24 heavy (non-hydrogen) atoms. The Hall–Kier alpha value is -2.53. The van der Waals surface area contributed by atoms with E-state index in [1.165, 1.54) is 16.9 Å². The highest BCUT2D eigenvalue weighted by molar-refractivity contribution is 7.13. The number of rotatable bonds is 6. The maximum Gasteiger partial charge on any atom is 0.263 e. The van der Waals surface area contributed by atoms with E-state index in [-0.39, 0.29) is 5.91 Å². The standard InChI is InChI=1S/C19H19N3OS/c1-14-18(19(23)21-12-10-16-9-5-6-11-20-16)24-17(22-14)13-15-7-3-2-4-8-15/h2-9,11H,10,12-13H2,1H3,(H,21,23). The van der Waals surface area contributed by atoms with E-state index < -0.39 is 0 Å². The van der Waals surface area contributed by atoms with E-state index in [0.717, 1.165) is 29.2 Å². The van der Waals surface area contributed by atoms with Crippen LogP contribution in [-0.4, -0.2) is 22.4 Å². The minimum absolute atomic E-state index is 0.0553. The molecular formula is C19H19N3OS. The number of carbonyl (C=O) groups excluding carboxylic acids is 1. The quantitative estimate of drug-likeness (QED) is 0.750. The van der Waals surface area contributed by atoms with E-state index in [1.54, 1.807) is 6.20 Å². The van der Waals surface area contributed by atoms with Crippen molar-refractivity contribution in [3.63, 3.8) is 0 Å². The molecular weight excluding hydrogens is 318 g/mol. The van der Waals surface area contributed by atoms with Crippen LogP contribution in [0.3, 0.4) is 0 Å². The van der Waals surface area contributed by atoms with E-state index in [2.05, 4.69) is 27.4 Å². The number of thiazole rings is 1. The molecule has 4 nitrogen and oxygen atoms in total. The average Bonchev–Trinajstić information content (AvgIpc) is 2.97. The van der Waals surface area contributed by atoms with Crippen molar-refractivity contribution in [2.45, 2.75) is 19.8 Å². The summed E-state index contributed by atoms with van der Waals surface area (Å²) in [7, 11) is 0. The van der Waals surface area contributed by atoms with E-state index >= 15 is 0 Å². The zero-order valence-corrected chi connectivity index (χ0v) is 14.3. The SMILES string of the molecule is Cc1nc(Cc2ccccc2)sc1C(=O)NCCc1ccccn1. The molecule has 3 aromatic rings. The van der Waals surface area contributed by atoms with Gasteiger partial charge in [-0.2, -0.15) is 0 Å². The molecule has 0 aliphatic carbocycles. The van der Waals surface area contributed by atoms with Gasteiger partial charge in [-0.3, -0.25) is 9.78 Å². The van der Waals surface area contributed by atoms with Gasteiger partial charge in [-0.25, -0.2) is 4.98 Å². The van der Waals surface area contributed by atoms with E-state index in [1.807, 2.05) is 43.3 Å². The number of aromatic nitrogens is 2. The molecule has 2 aromatic heterocycles. The van der Waals surface area contributed by atoms with Gasteiger partial charge in [-0.05, 0) is 24.6 Å². The zero-order valence-electron chi connectivity index (χ0n) is 13.5. The monoisotopic (exact) mass is 337 g/mol. The lowest BCUT2D eigenvalue weighted by Gasteiger charge is -2.03. The number of carbonyl (C=O) groups is 1. The van der Waals surface area contributed by atoms with Crippen LogP contribution in [0.4, 0.5) is 0 Å².